The Morgan fingerprint density at radius 2 is 1.95 bits per heavy atom. The van der Waals surface area contributed by atoms with Gasteiger partial charge >= 0.3 is 0 Å². The number of nitrogens with one attached hydrogen (secondary N) is 1. The lowest BCUT2D eigenvalue weighted by molar-refractivity contribution is 0.0454. The highest BCUT2D eigenvalue weighted by Gasteiger charge is 2.30. The summed E-state index contributed by atoms with van der Waals surface area (Å²) in [7, 11) is 1.44. The molecule has 4 aromatic rings. The van der Waals surface area contributed by atoms with Crippen molar-refractivity contribution < 1.29 is 19.0 Å². The van der Waals surface area contributed by atoms with E-state index in [2.05, 4.69) is 20.2 Å². The molecule has 0 bridgehead atoms. The number of piperidine rings is 2. The Hall–Kier alpha value is -4.02. The minimum Gasteiger partial charge on any atom is -0.494 e. The first-order chi connectivity index (χ1) is 20.4. The van der Waals surface area contributed by atoms with E-state index in [1.807, 2.05) is 34.4 Å². The number of aliphatic hydroxyl groups is 1. The summed E-state index contributed by atoms with van der Waals surface area (Å²) in [6.45, 7) is 5.76. The molecule has 1 amide bonds. The molecule has 0 saturated carbocycles. The minimum atomic E-state index is -0.440. The summed E-state index contributed by atoms with van der Waals surface area (Å²) in [4.78, 5) is 27.0. The number of hydrogen-bond acceptors (Lipinski definition) is 7. The second kappa shape index (κ2) is 12.1. The standard InChI is InChI=1S/C32H37FN6O3/c1-21-16-24(6-7-26(21)32(41)37-13-9-25(10-14-37)38-12-3-4-22(19-38)20-40)36-30-31-35-18-28(39(31)15-11-34-30)23-5-8-29(42-2)27(33)17-23/h5-8,11,15-18,22,25,40H,3-4,9-10,12-14,19-20H2,1-2H3,(H,34,36). The molecule has 2 N–H and O–H groups in total. The van der Waals surface area contributed by atoms with Crippen LogP contribution < -0.4 is 10.1 Å². The number of benzene rings is 2. The van der Waals surface area contributed by atoms with Crippen LogP contribution in [0, 0.1) is 18.7 Å². The van der Waals surface area contributed by atoms with Crippen LogP contribution in [0.1, 0.15) is 41.6 Å². The lowest BCUT2D eigenvalue weighted by Crippen LogP contribution is -2.50. The average molecular weight is 573 g/mol. The van der Waals surface area contributed by atoms with Crippen molar-refractivity contribution in [3.05, 3.63) is 71.9 Å². The second-order valence-corrected chi connectivity index (χ2v) is 11.3. The molecule has 4 heterocycles. The predicted molar refractivity (Wildman–Crippen MR) is 160 cm³/mol. The van der Waals surface area contributed by atoms with Gasteiger partial charge in [-0.15, -0.1) is 0 Å². The molecule has 2 saturated heterocycles. The van der Waals surface area contributed by atoms with E-state index >= 15 is 0 Å². The average Bonchev–Trinajstić information content (AvgIpc) is 3.46. The smallest absolute Gasteiger partial charge is 0.254 e. The van der Waals surface area contributed by atoms with Crippen LogP contribution in [0.15, 0.2) is 55.0 Å². The number of anilines is 2. The number of methoxy groups -OCH3 is 1. The Morgan fingerprint density at radius 3 is 2.69 bits per heavy atom. The van der Waals surface area contributed by atoms with Crippen LogP contribution in [-0.4, -0.2) is 81.1 Å². The van der Waals surface area contributed by atoms with E-state index in [1.165, 1.54) is 13.2 Å². The molecule has 2 aromatic carbocycles. The predicted octanol–water partition coefficient (Wildman–Crippen LogP) is 4.90. The van der Waals surface area contributed by atoms with E-state index in [4.69, 9.17) is 4.74 Å². The van der Waals surface area contributed by atoms with Crippen LogP contribution in [0.2, 0.25) is 0 Å². The van der Waals surface area contributed by atoms with E-state index in [0.717, 1.165) is 68.8 Å². The van der Waals surface area contributed by atoms with Gasteiger partial charge in [0.25, 0.3) is 5.91 Å². The Morgan fingerprint density at radius 1 is 1.12 bits per heavy atom. The molecule has 2 aliphatic heterocycles. The number of fused-ring (bicyclic) bond motifs is 1. The molecule has 2 fully saturated rings. The van der Waals surface area contributed by atoms with Gasteiger partial charge in [0.05, 0.1) is 19.0 Å². The zero-order valence-electron chi connectivity index (χ0n) is 24.1. The number of rotatable bonds is 7. The van der Waals surface area contributed by atoms with Crippen molar-refractivity contribution in [2.45, 2.75) is 38.6 Å². The highest BCUT2D eigenvalue weighted by atomic mass is 19.1. The van der Waals surface area contributed by atoms with E-state index < -0.39 is 5.82 Å². The first-order valence-electron chi connectivity index (χ1n) is 14.6. The molecule has 2 aromatic heterocycles. The molecule has 1 atom stereocenters. The lowest BCUT2D eigenvalue weighted by atomic mass is 9.94. The second-order valence-electron chi connectivity index (χ2n) is 11.3. The summed E-state index contributed by atoms with van der Waals surface area (Å²) in [5.74, 6) is 0.746. The largest absolute Gasteiger partial charge is 0.494 e. The molecule has 220 valence electrons. The monoisotopic (exact) mass is 572 g/mol. The fourth-order valence-electron chi connectivity index (χ4n) is 6.35. The van der Waals surface area contributed by atoms with Gasteiger partial charge in [0.1, 0.15) is 0 Å². The summed E-state index contributed by atoms with van der Waals surface area (Å²) < 4.78 is 21.3. The number of imidazole rings is 1. The maximum Gasteiger partial charge on any atom is 0.254 e. The maximum atomic E-state index is 14.4. The van der Waals surface area contributed by atoms with Gasteiger partial charge in [-0.2, -0.15) is 0 Å². The van der Waals surface area contributed by atoms with Crippen LogP contribution in [0.3, 0.4) is 0 Å². The number of aromatic nitrogens is 3. The van der Waals surface area contributed by atoms with Gasteiger partial charge in [-0.25, -0.2) is 14.4 Å². The van der Waals surface area contributed by atoms with E-state index in [1.54, 1.807) is 30.7 Å². The first kappa shape index (κ1) is 28.1. The summed E-state index contributed by atoms with van der Waals surface area (Å²) in [5, 5.41) is 12.9. The normalized spacial score (nSPS) is 18.4. The van der Waals surface area contributed by atoms with Crippen molar-refractivity contribution in [1.29, 1.82) is 0 Å². The summed E-state index contributed by atoms with van der Waals surface area (Å²) in [6, 6.07) is 11.0. The molecule has 0 radical (unpaired) electrons. The molecule has 42 heavy (non-hydrogen) atoms. The van der Waals surface area contributed by atoms with Gasteiger partial charge in [-0.05, 0) is 87.0 Å². The zero-order chi connectivity index (χ0) is 29.2. The molecule has 6 rings (SSSR count). The SMILES string of the molecule is COc1ccc(-c2cnc3c(Nc4ccc(C(=O)N5CCC(N6CCCC(CO)C6)CC5)c(C)c4)nccn23)cc1F. The van der Waals surface area contributed by atoms with Gasteiger partial charge in [-0.1, -0.05) is 0 Å². The number of aryl methyl sites for hydroxylation is 1. The molecule has 2 aliphatic rings. The number of likely N-dealkylation sites (tertiary alicyclic amines) is 2. The Bertz CT molecular complexity index is 1580. The van der Waals surface area contributed by atoms with Crippen molar-refractivity contribution in [2.75, 3.05) is 45.2 Å². The third kappa shape index (κ3) is 5.56. The van der Waals surface area contributed by atoms with Crippen molar-refractivity contribution >= 4 is 23.1 Å². The van der Waals surface area contributed by atoms with Crippen LogP contribution in [-0.2, 0) is 0 Å². The van der Waals surface area contributed by atoms with Crippen molar-refractivity contribution in [2.24, 2.45) is 5.92 Å². The number of nitrogens with zero attached hydrogens (tertiary/aromatic N) is 5. The molecule has 0 spiro atoms. The van der Waals surface area contributed by atoms with Crippen LogP contribution >= 0.6 is 0 Å². The minimum absolute atomic E-state index is 0.0641. The zero-order valence-corrected chi connectivity index (χ0v) is 24.1. The van der Waals surface area contributed by atoms with Crippen LogP contribution in [0.5, 0.6) is 5.75 Å². The van der Waals surface area contributed by atoms with Gasteiger partial charge in [-0.3, -0.25) is 14.1 Å². The van der Waals surface area contributed by atoms with Gasteiger partial charge < -0.3 is 20.1 Å². The molecular weight excluding hydrogens is 535 g/mol. The topological polar surface area (TPSA) is 95.2 Å². The Labute approximate surface area is 245 Å². The quantitative estimate of drug-likeness (QED) is 0.325. The van der Waals surface area contributed by atoms with E-state index in [0.29, 0.717) is 34.6 Å². The van der Waals surface area contributed by atoms with Gasteiger partial charge in [0.15, 0.2) is 23.0 Å². The van der Waals surface area contributed by atoms with E-state index in [-0.39, 0.29) is 18.3 Å². The highest BCUT2D eigenvalue weighted by molar-refractivity contribution is 5.96. The lowest BCUT2D eigenvalue weighted by Gasteiger charge is -2.42. The number of carbonyl (C=O) groups excluding carboxylic acids is 1. The molecular formula is C32H37FN6O3. The van der Waals surface area contributed by atoms with Crippen LogP contribution in [0.4, 0.5) is 15.9 Å². The van der Waals surface area contributed by atoms with Gasteiger partial charge in [0.2, 0.25) is 0 Å². The number of ether oxygens (including phenoxy) is 1. The summed E-state index contributed by atoms with van der Waals surface area (Å²) in [6.07, 6.45) is 9.32. The van der Waals surface area contributed by atoms with Crippen molar-refractivity contribution in [1.82, 2.24) is 24.2 Å². The van der Waals surface area contributed by atoms with Crippen LogP contribution in [0.25, 0.3) is 16.9 Å². The first-order valence-corrected chi connectivity index (χ1v) is 14.6. The third-order valence-electron chi connectivity index (χ3n) is 8.67. The third-order valence-corrected chi connectivity index (χ3v) is 8.67. The number of carbonyl (C=O) groups is 1. The fraction of sp³-hybridized carbons (Fsp3) is 0.406. The highest BCUT2D eigenvalue weighted by Crippen LogP contribution is 2.30. The fourth-order valence-corrected chi connectivity index (χ4v) is 6.35. The van der Waals surface area contributed by atoms with E-state index in [9.17, 15) is 14.3 Å². The molecule has 0 aliphatic carbocycles. The number of halogens is 1. The van der Waals surface area contributed by atoms with Crippen molar-refractivity contribution in [3.8, 4) is 17.0 Å². The number of amides is 1. The number of hydrogen-bond donors (Lipinski definition) is 2. The van der Waals surface area contributed by atoms with Crippen molar-refractivity contribution in [3.63, 3.8) is 0 Å². The molecule has 9 nitrogen and oxygen atoms in total. The Balaban J connectivity index is 1.13. The summed E-state index contributed by atoms with van der Waals surface area (Å²) in [5.41, 5.74) is 4.39. The molecule has 10 heteroatoms. The number of aliphatic hydroxyl groups excluding tert-OH is 1. The maximum absolute atomic E-state index is 14.4. The summed E-state index contributed by atoms with van der Waals surface area (Å²) >= 11 is 0. The van der Waals surface area contributed by atoms with Gasteiger partial charge in [0, 0.05) is 61.5 Å². The Kier molecular flexibility index (Phi) is 8.08. The molecule has 1 unspecified atom stereocenters.